The van der Waals surface area contributed by atoms with Crippen molar-refractivity contribution in [3.8, 4) is 0 Å². The van der Waals surface area contributed by atoms with E-state index >= 15 is 0 Å². The van der Waals surface area contributed by atoms with Crippen molar-refractivity contribution in [2.45, 2.75) is 94.3 Å². The van der Waals surface area contributed by atoms with Crippen molar-refractivity contribution in [2.24, 2.45) is 0 Å². The number of anilines is 1. The third-order valence-corrected chi connectivity index (χ3v) is 16.5. The average Bonchev–Trinajstić information content (AvgIpc) is 3.63. The van der Waals surface area contributed by atoms with Crippen LogP contribution in [0.3, 0.4) is 0 Å². The van der Waals surface area contributed by atoms with Gasteiger partial charge < -0.3 is 19.2 Å². The molecule has 1 aliphatic carbocycles. The van der Waals surface area contributed by atoms with Gasteiger partial charge in [-0.25, -0.2) is 28.2 Å². The number of carbonyl (C=O) groups is 1. The maximum absolute atomic E-state index is 14.1. The smallest absolute Gasteiger partial charge is 0.330 e. The van der Waals surface area contributed by atoms with Crippen LogP contribution in [0.5, 0.6) is 0 Å². The van der Waals surface area contributed by atoms with Gasteiger partial charge in [-0.2, -0.15) is 0 Å². The van der Waals surface area contributed by atoms with E-state index in [0.29, 0.717) is 28.6 Å². The second-order valence-corrected chi connectivity index (χ2v) is 20.6. The fourth-order valence-electron chi connectivity index (χ4n) is 7.67. The zero-order chi connectivity index (χ0) is 39.5. The lowest BCUT2D eigenvalue weighted by atomic mass is 10.1. The van der Waals surface area contributed by atoms with Gasteiger partial charge in [0.25, 0.3) is 8.32 Å². The van der Waals surface area contributed by atoms with Gasteiger partial charge in [0.1, 0.15) is 6.10 Å². The number of hydrogen-bond donors (Lipinski definition) is 1. The molecule has 5 atom stereocenters. The Bertz CT molecular complexity index is 2130. The van der Waals surface area contributed by atoms with Crippen LogP contribution in [-0.4, -0.2) is 76.5 Å². The molecule has 5 aromatic rings. The molecule has 14 heteroatoms. The Hall–Kier alpha value is -4.50. The number of nitrogens with one attached hydrogen (secondary N) is 1. The summed E-state index contributed by atoms with van der Waals surface area (Å²) in [7, 11) is -2.94. The summed E-state index contributed by atoms with van der Waals surface area (Å²) in [5, 5.41) is 15.4. The van der Waals surface area contributed by atoms with Crippen LogP contribution >= 0.6 is 11.8 Å². The van der Waals surface area contributed by atoms with Crippen LogP contribution in [0.1, 0.15) is 71.4 Å². The summed E-state index contributed by atoms with van der Waals surface area (Å²) in [5.41, 5.74) is 1.77. The molecule has 2 aromatic heterocycles. The SMILES string of the molecule is CCCSc1nc(N[C@@H]2C[C@H]2c2ccc(F)c(F)c2)c2nnn([C@@H]3C[C@H](/C=C/C(=O)OCC)O[C@H]3CO[Si](c3ccccc3)(c3ccccc3)C(C)(C)C)c2n1. The molecule has 2 aliphatic rings. The third kappa shape index (κ3) is 8.29. The quantitative estimate of drug-likeness (QED) is 0.0379. The number of carbonyl (C=O) groups excluding carboxylic acids is 1. The topological polar surface area (TPSA) is 113 Å². The molecule has 0 spiro atoms. The lowest BCUT2D eigenvalue weighted by Crippen LogP contribution is -2.67. The second-order valence-electron chi connectivity index (χ2n) is 15.3. The first-order valence-electron chi connectivity index (χ1n) is 19.2. The van der Waals surface area contributed by atoms with E-state index in [9.17, 15) is 13.6 Å². The summed E-state index contributed by atoms with van der Waals surface area (Å²) >= 11 is 1.55. The van der Waals surface area contributed by atoms with E-state index in [4.69, 9.17) is 23.9 Å². The molecule has 3 aromatic carbocycles. The van der Waals surface area contributed by atoms with Crippen molar-refractivity contribution in [3.63, 3.8) is 0 Å². The minimum atomic E-state index is -2.94. The van der Waals surface area contributed by atoms with Crippen molar-refractivity contribution in [1.29, 1.82) is 0 Å². The number of esters is 1. The summed E-state index contributed by atoms with van der Waals surface area (Å²) in [4.78, 5) is 22.2. The fraction of sp³-hybridized carbons (Fsp3) is 0.405. The van der Waals surface area contributed by atoms with Gasteiger partial charge in [0.2, 0.25) is 0 Å². The summed E-state index contributed by atoms with van der Waals surface area (Å²) in [5.74, 6) is -0.816. The van der Waals surface area contributed by atoms with Crippen molar-refractivity contribution in [3.05, 3.63) is 108 Å². The van der Waals surface area contributed by atoms with Gasteiger partial charge in [0.05, 0.1) is 25.4 Å². The summed E-state index contributed by atoms with van der Waals surface area (Å²) in [6, 6.07) is 24.6. The van der Waals surface area contributed by atoms with Gasteiger partial charge in [-0.1, -0.05) is 111 Å². The molecule has 7 rings (SSSR count). The maximum Gasteiger partial charge on any atom is 0.330 e. The predicted molar refractivity (Wildman–Crippen MR) is 217 cm³/mol. The number of benzene rings is 3. The molecule has 294 valence electrons. The summed E-state index contributed by atoms with van der Waals surface area (Å²) in [6.07, 6.45) is 4.37. The first-order chi connectivity index (χ1) is 27.0. The molecule has 1 saturated carbocycles. The Morgan fingerprint density at radius 3 is 2.36 bits per heavy atom. The van der Waals surface area contributed by atoms with Crippen LogP contribution in [0.4, 0.5) is 14.6 Å². The van der Waals surface area contributed by atoms with E-state index in [1.54, 1.807) is 30.8 Å². The average molecular weight is 799 g/mol. The molecule has 0 unspecified atom stereocenters. The van der Waals surface area contributed by atoms with Crippen LogP contribution in [0.25, 0.3) is 11.2 Å². The van der Waals surface area contributed by atoms with Crippen LogP contribution in [0, 0.1) is 11.6 Å². The lowest BCUT2D eigenvalue weighted by Gasteiger charge is -2.43. The molecule has 0 amide bonds. The molecule has 1 N–H and O–H groups in total. The highest BCUT2D eigenvalue weighted by molar-refractivity contribution is 7.99. The van der Waals surface area contributed by atoms with E-state index < -0.39 is 38.1 Å². The molecule has 1 aliphatic heterocycles. The number of fused-ring (bicyclic) bond motifs is 1. The highest BCUT2D eigenvalue weighted by Crippen LogP contribution is 2.44. The molecule has 10 nitrogen and oxygen atoms in total. The van der Waals surface area contributed by atoms with E-state index in [1.165, 1.54) is 18.2 Å². The Labute approximate surface area is 331 Å². The number of ether oxygens (including phenoxy) is 2. The van der Waals surface area contributed by atoms with E-state index in [0.717, 1.165) is 34.5 Å². The maximum atomic E-state index is 14.1. The van der Waals surface area contributed by atoms with Crippen LogP contribution < -0.4 is 15.7 Å². The third-order valence-electron chi connectivity index (χ3n) is 10.4. The largest absolute Gasteiger partial charge is 0.463 e. The Morgan fingerprint density at radius 2 is 1.71 bits per heavy atom. The summed E-state index contributed by atoms with van der Waals surface area (Å²) < 4.78 is 48.9. The molecule has 1 saturated heterocycles. The Morgan fingerprint density at radius 1 is 1.00 bits per heavy atom. The number of nitrogens with zero attached hydrogens (tertiary/aromatic N) is 5. The second kappa shape index (κ2) is 16.9. The van der Waals surface area contributed by atoms with Crippen molar-refractivity contribution < 1.29 is 27.5 Å². The lowest BCUT2D eigenvalue weighted by molar-refractivity contribution is -0.137. The molecule has 3 heterocycles. The summed E-state index contributed by atoms with van der Waals surface area (Å²) in [6.45, 7) is 11.1. The molecular formula is C42H48F2N6O4SSi. The molecule has 2 fully saturated rings. The number of aromatic nitrogens is 5. The van der Waals surface area contributed by atoms with Gasteiger partial charge >= 0.3 is 5.97 Å². The first kappa shape index (κ1) is 39.7. The van der Waals surface area contributed by atoms with Gasteiger partial charge in [0.15, 0.2) is 33.8 Å². The van der Waals surface area contributed by atoms with E-state index in [2.05, 4.69) is 91.9 Å². The van der Waals surface area contributed by atoms with E-state index in [-0.39, 0.29) is 36.3 Å². The van der Waals surface area contributed by atoms with Gasteiger partial charge in [0, 0.05) is 30.2 Å². The zero-order valence-electron chi connectivity index (χ0n) is 32.3. The standard InChI is InChI=1S/C42H48F2N6O4SSi/c1-6-22-55-41-46-39(45-34-25-31(34)27-18-20-32(43)33(44)23-27)38-40(47-41)50(49-48-38)35-24-28(19-21-37(51)52-7-2)54-36(35)26-53-56(42(3,4)5,29-14-10-8-11-15-29)30-16-12-9-13-17-30/h8-21,23,28,31,34-36H,6-7,22,24-26H2,1-5H3,(H,45,46,47)/b21-19+/t28-,31-,34+,35+,36-/m0/s1. The Kier molecular flexibility index (Phi) is 12.0. The van der Waals surface area contributed by atoms with Crippen LogP contribution in [0.15, 0.2) is 96.2 Å². The van der Waals surface area contributed by atoms with Crippen molar-refractivity contribution >= 4 is 53.4 Å². The highest BCUT2D eigenvalue weighted by Gasteiger charge is 2.51. The van der Waals surface area contributed by atoms with Crippen molar-refractivity contribution in [2.75, 3.05) is 24.3 Å². The highest BCUT2D eigenvalue weighted by atomic mass is 32.2. The van der Waals surface area contributed by atoms with E-state index in [1.807, 2.05) is 16.8 Å². The fourth-order valence-corrected chi connectivity index (χ4v) is 12.9. The monoisotopic (exact) mass is 798 g/mol. The molecular weight excluding hydrogens is 751 g/mol. The van der Waals surface area contributed by atoms with Crippen LogP contribution in [0.2, 0.25) is 5.04 Å². The van der Waals surface area contributed by atoms with Gasteiger partial charge in [-0.15, -0.1) is 5.10 Å². The van der Waals surface area contributed by atoms with Crippen LogP contribution in [-0.2, 0) is 18.7 Å². The predicted octanol–water partition coefficient (Wildman–Crippen LogP) is 7.36. The Balaban J connectivity index is 1.25. The normalized spacial score (nSPS) is 21.2. The minimum Gasteiger partial charge on any atom is -0.463 e. The number of thioether (sulfide) groups is 1. The van der Waals surface area contributed by atoms with Gasteiger partial charge in [-0.05, 0) is 58.9 Å². The number of hydrogen-bond acceptors (Lipinski definition) is 10. The molecule has 0 radical (unpaired) electrons. The molecule has 0 bridgehead atoms. The molecule has 56 heavy (non-hydrogen) atoms. The van der Waals surface area contributed by atoms with Gasteiger partial charge in [-0.3, -0.25) is 0 Å². The number of rotatable bonds is 15. The zero-order valence-corrected chi connectivity index (χ0v) is 34.1. The number of halogens is 2. The minimum absolute atomic E-state index is 0.00455. The first-order valence-corrected chi connectivity index (χ1v) is 22.1. The van der Waals surface area contributed by atoms with Crippen molar-refractivity contribution in [1.82, 2.24) is 25.0 Å².